The molecule has 1 aliphatic rings. The molecule has 0 saturated heterocycles. The van der Waals surface area contributed by atoms with Crippen molar-refractivity contribution in [3.05, 3.63) is 16.1 Å². The Morgan fingerprint density at radius 1 is 1.45 bits per heavy atom. The monoisotopic (exact) mass is 308 g/mol. The van der Waals surface area contributed by atoms with Gasteiger partial charge >= 0.3 is 6.18 Å². The lowest BCUT2D eigenvalue weighted by molar-refractivity contribution is -0.137. The van der Waals surface area contributed by atoms with Gasteiger partial charge in [-0.1, -0.05) is 6.92 Å². The van der Waals surface area contributed by atoms with E-state index < -0.39 is 16.8 Å². The Morgan fingerprint density at radius 2 is 2.10 bits per heavy atom. The summed E-state index contributed by atoms with van der Waals surface area (Å²) in [5.74, 6) is 0. The van der Waals surface area contributed by atoms with E-state index in [1.807, 2.05) is 0 Å². The van der Waals surface area contributed by atoms with Crippen LogP contribution in [0.15, 0.2) is 6.20 Å². The Kier molecular flexibility index (Phi) is 4.71. The standard InChI is InChI=1S/C13H19F3N2OS/c1-2-7-17-9-3-5-12(19,6-4-9)10-8-18-11(20-10)13(14,15)16/h8-9,17,19H,2-7H2,1H3. The summed E-state index contributed by atoms with van der Waals surface area (Å²) in [7, 11) is 0. The molecule has 1 aliphatic carbocycles. The lowest BCUT2D eigenvalue weighted by atomic mass is 9.81. The minimum Gasteiger partial charge on any atom is -0.384 e. The quantitative estimate of drug-likeness (QED) is 0.897. The Morgan fingerprint density at radius 3 is 2.60 bits per heavy atom. The van der Waals surface area contributed by atoms with Crippen LogP contribution >= 0.6 is 11.3 Å². The van der Waals surface area contributed by atoms with Crippen LogP contribution in [0.2, 0.25) is 0 Å². The van der Waals surface area contributed by atoms with Crippen LogP contribution in [0.25, 0.3) is 0 Å². The average Bonchev–Trinajstić information content (AvgIpc) is 2.88. The molecule has 7 heteroatoms. The summed E-state index contributed by atoms with van der Waals surface area (Å²) in [6.07, 6.45) is 0.296. The van der Waals surface area contributed by atoms with Crippen LogP contribution in [0.4, 0.5) is 13.2 Å². The van der Waals surface area contributed by atoms with Gasteiger partial charge in [0.05, 0.1) is 4.88 Å². The first kappa shape index (κ1) is 15.7. The van der Waals surface area contributed by atoms with Crippen molar-refractivity contribution in [1.82, 2.24) is 10.3 Å². The summed E-state index contributed by atoms with van der Waals surface area (Å²) < 4.78 is 37.7. The van der Waals surface area contributed by atoms with E-state index in [-0.39, 0.29) is 0 Å². The Balaban J connectivity index is 2.01. The van der Waals surface area contributed by atoms with E-state index in [1.165, 1.54) is 6.20 Å². The molecule has 0 amide bonds. The molecular weight excluding hydrogens is 289 g/mol. The molecule has 0 spiro atoms. The van der Waals surface area contributed by atoms with Crippen LogP contribution in [-0.2, 0) is 11.8 Å². The minimum atomic E-state index is -4.43. The molecule has 1 fully saturated rings. The van der Waals surface area contributed by atoms with Crippen LogP contribution in [0, 0.1) is 0 Å². The number of aromatic nitrogens is 1. The van der Waals surface area contributed by atoms with Gasteiger partial charge in [-0.2, -0.15) is 13.2 Å². The van der Waals surface area contributed by atoms with E-state index in [2.05, 4.69) is 17.2 Å². The fraction of sp³-hybridized carbons (Fsp3) is 0.769. The molecule has 0 radical (unpaired) electrons. The maximum Gasteiger partial charge on any atom is 0.443 e. The summed E-state index contributed by atoms with van der Waals surface area (Å²) in [5.41, 5.74) is -1.15. The molecule has 3 nitrogen and oxygen atoms in total. The molecule has 20 heavy (non-hydrogen) atoms. The van der Waals surface area contributed by atoms with Crippen LogP contribution in [0.3, 0.4) is 0 Å². The van der Waals surface area contributed by atoms with E-state index in [0.717, 1.165) is 25.8 Å². The predicted molar refractivity (Wildman–Crippen MR) is 71.6 cm³/mol. The number of nitrogens with zero attached hydrogens (tertiary/aromatic N) is 1. The second-order valence-electron chi connectivity index (χ2n) is 5.29. The van der Waals surface area contributed by atoms with Crippen molar-refractivity contribution < 1.29 is 18.3 Å². The third-order valence-corrected chi connectivity index (χ3v) is 4.94. The van der Waals surface area contributed by atoms with Crippen molar-refractivity contribution in [2.75, 3.05) is 6.54 Å². The van der Waals surface area contributed by atoms with E-state index in [4.69, 9.17) is 0 Å². The highest BCUT2D eigenvalue weighted by Crippen LogP contribution is 2.42. The molecule has 2 N–H and O–H groups in total. The van der Waals surface area contributed by atoms with E-state index in [0.29, 0.717) is 35.1 Å². The molecule has 1 aromatic heterocycles. The van der Waals surface area contributed by atoms with Gasteiger partial charge in [-0.05, 0) is 38.6 Å². The maximum absolute atomic E-state index is 12.6. The van der Waals surface area contributed by atoms with Gasteiger partial charge in [-0.15, -0.1) is 11.3 Å². The number of nitrogens with one attached hydrogen (secondary N) is 1. The Hall–Kier alpha value is -0.660. The van der Waals surface area contributed by atoms with Crippen LogP contribution in [-0.4, -0.2) is 22.7 Å². The van der Waals surface area contributed by atoms with Crippen molar-refractivity contribution >= 4 is 11.3 Å². The lowest BCUT2D eigenvalue weighted by Crippen LogP contribution is -2.39. The van der Waals surface area contributed by atoms with Crippen molar-refractivity contribution in [2.24, 2.45) is 0 Å². The second-order valence-corrected chi connectivity index (χ2v) is 6.32. The topological polar surface area (TPSA) is 45.1 Å². The number of rotatable bonds is 4. The van der Waals surface area contributed by atoms with E-state index >= 15 is 0 Å². The van der Waals surface area contributed by atoms with Gasteiger partial charge in [0.15, 0.2) is 5.01 Å². The first-order valence-electron chi connectivity index (χ1n) is 6.84. The summed E-state index contributed by atoms with van der Waals surface area (Å²) in [6, 6.07) is 0.352. The van der Waals surface area contributed by atoms with Crippen molar-refractivity contribution in [1.29, 1.82) is 0 Å². The molecule has 0 aliphatic heterocycles. The van der Waals surface area contributed by atoms with Gasteiger partial charge in [-0.3, -0.25) is 0 Å². The number of halogens is 3. The molecule has 0 bridgehead atoms. The van der Waals surface area contributed by atoms with Crippen molar-refractivity contribution in [2.45, 2.75) is 56.8 Å². The normalized spacial score (nSPS) is 27.8. The highest BCUT2D eigenvalue weighted by molar-refractivity contribution is 7.11. The first-order chi connectivity index (χ1) is 9.35. The smallest absolute Gasteiger partial charge is 0.384 e. The number of alkyl halides is 3. The number of thiazole rings is 1. The molecule has 1 heterocycles. The minimum absolute atomic E-state index is 0.332. The molecule has 1 saturated carbocycles. The third-order valence-electron chi connectivity index (χ3n) is 3.70. The molecule has 0 atom stereocenters. The third kappa shape index (κ3) is 3.51. The van der Waals surface area contributed by atoms with Crippen LogP contribution in [0.5, 0.6) is 0 Å². The van der Waals surface area contributed by atoms with Gasteiger partial charge < -0.3 is 10.4 Å². The van der Waals surface area contributed by atoms with Gasteiger partial charge in [0.1, 0.15) is 5.60 Å². The average molecular weight is 308 g/mol. The zero-order chi connectivity index (χ0) is 14.8. The van der Waals surface area contributed by atoms with E-state index in [1.54, 1.807) is 0 Å². The SMILES string of the molecule is CCCNC1CCC(O)(c2cnc(C(F)(F)F)s2)CC1. The molecule has 114 valence electrons. The summed E-state index contributed by atoms with van der Waals surface area (Å²) in [5, 5.41) is 13.0. The van der Waals surface area contributed by atoms with Gasteiger partial charge in [-0.25, -0.2) is 4.98 Å². The number of aliphatic hydroxyl groups is 1. The molecule has 0 unspecified atom stereocenters. The van der Waals surface area contributed by atoms with Crippen LogP contribution in [0.1, 0.15) is 48.9 Å². The fourth-order valence-corrected chi connectivity index (χ4v) is 3.44. The molecule has 0 aromatic carbocycles. The van der Waals surface area contributed by atoms with Crippen molar-refractivity contribution in [3.8, 4) is 0 Å². The highest BCUT2D eigenvalue weighted by atomic mass is 32.1. The zero-order valence-corrected chi connectivity index (χ0v) is 12.2. The summed E-state index contributed by atoms with van der Waals surface area (Å²) in [4.78, 5) is 3.73. The van der Waals surface area contributed by atoms with Gasteiger partial charge in [0, 0.05) is 12.2 Å². The zero-order valence-electron chi connectivity index (χ0n) is 11.3. The Labute approximate surface area is 120 Å². The largest absolute Gasteiger partial charge is 0.443 e. The molecular formula is C13H19F3N2OS. The number of hydrogen-bond donors (Lipinski definition) is 2. The van der Waals surface area contributed by atoms with Crippen LogP contribution < -0.4 is 5.32 Å². The second kappa shape index (κ2) is 5.99. The highest BCUT2D eigenvalue weighted by Gasteiger charge is 2.40. The Bertz CT molecular complexity index is 439. The predicted octanol–water partition coefficient (Wildman–Crippen LogP) is 3.29. The molecule has 2 rings (SSSR count). The van der Waals surface area contributed by atoms with Gasteiger partial charge in [0.25, 0.3) is 0 Å². The lowest BCUT2D eigenvalue weighted by Gasteiger charge is -2.35. The fourth-order valence-electron chi connectivity index (χ4n) is 2.51. The molecule has 1 aromatic rings. The first-order valence-corrected chi connectivity index (χ1v) is 7.66. The van der Waals surface area contributed by atoms with Gasteiger partial charge in [0.2, 0.25) is 0 Å². The van der Waals surface area contributed by atoms with E-state index in [9.17, 15) is 18.3 Å². The maximum atomic E-state index is 12.6. The number of hydrogen-bond acceptors (Lipinski definition) is 4. The summed E-state index contributed by atoms with van der Waals surface area (Å²) >= 11 is 0.558. The van der Waals surface area contributed by atoms with Crippen molar-refractivity contribution in [3.63, 3.8) is 0 Å². The summed E-state index contributed by atoms with van der Waals surface area (Å²) in [6.45, 7) is 3.02.